The molecule has 0 heterocycles. The standard InChI is InChI=1S/C16H16ClFO/c17-16(19)5-3-1-2-4-12-6-7-13-8-9-15(18)11-14(13)10-12/h6-11H,1-5H2. The van der Waals surface area contributed by atoms with Gasteiger partial charge in [0.15, 0.2) is 0 Å². The highest BCUT2D eigenvalue weighted by Gasteiger charge is 2.00. The molecule has 0 aromatic heterocycles. The molecule has 0 atom stereocenters. The van der Waals surface area contributed by atoms with Gasteiger partial charge in [0.1, 0.15) is 5.82 Å². The summed E-state index contributed by atoms with van der Waals surface area (Å²) in [7, 11) is 0. The van der Waals surface area contributed by atoms with Crippen molar-refractivity contribution in [1.29, 1.82) is 0 Å². The smallest absolute Gasteiger partial charge is 0.221 e. The maximum Gasteiger partial charge on any atom is 0.221 e. The number of fused-ring (bicyclic) bond motifs is 1. The van der Waals surface area contributed by atoms with E-state index in [9.17, 15) is 9.18 Å². The Labute approximate surface area is 117 Å². The molecule has 0 amide bonds. The molecule has 0 saturated carbocycles. The summed E-state index contributed by atoms with van der Waals surface area (Å²) in [4.78, 5) is 10.6. The lowest BCUT2D eigenvalue weighted by molar-refractivity contribution is -0.111. The van der Waals surface area contributed by atoms with E-state index in [2.05, 4.69) is 6.07 Å². The third-order valence-electron chi connectivity index (χ3n) is 3.21. The largest absolute Gasteiger partial charge is 0.281 e. The Balaban J connectivity index is 1.92. The van der Waals surface area contributed by atoms with Crippen LogP contribution < -0.4 is 0 Å². The number of hydrogen-bond acceptors (Lipinski definition) is 1. The van der Waals surface area contributed by atoms with Crippen LogP contribution in [0.2, 0.25) is 0 Å². The fourth-order valence-corrected chi connectivity index (χ4v) is 2.33. The van der Waals surface area contributed by atoms with Crippen molar-refractivity contribution in [2.24, 2.45) is 0 Å². The first-order chi connectivity index (χ1) is 9.15. The summed E-state index contributed by atoms with van der Waals surface area (Å²) in [6.07, 6.45) is 4.24. The van der Waals surface area contributed by atoms with Crippen molar-refractivity contribution in [3.8, 4) is 0 Å². The van der Waals surface area contributed by atoms with E-state index in [1.807, 2.05) is 12.1 Å². The van der Waals surface area contributed by atoms with Crippen LogP contribution in [-0.2, 0) is 11.2 Å². The molecule has 0 radical (unpaired) electrons. The van der Waals surface area contributed by atoms with Gasteiger partial charge in [0.25, 0.3) is 0 Å². The maximum atomic E-state index is 13.2. The van der Waals surface area contributed by atoms with E-state index in [4.69, 9.17) is 11.6 Å². The molecule has 0 fully saturated rings. The predicted octanol–water partition coefficient (Wildman–Crippen LogP) is 4.85. The molecule has 0 aliphatic carbocycles. The molecule has 0 aliphatic heterocycles. The van der Waals surface area contributed by atoms with Crippen LogP contribution in [0.4, 0.5) is 4.39 Å². The molecular formula is C16H16ClFO. The van der Waals surface area contributed by atoms with Gasteiger partial charge < -0.3 is 0 Å². The lowest BCUT2D eigenvalue weighted by Gasteiger charge is -2.04. The van der Waals surface area contributed by atoms with Crippen molar-refractivity contribution < 1.29 is 9.18 Å². The molecule has 2 aromatic rings. The van der Waals surface area contributed by atoms with E-state index in [0.29, 0.717) is 6.42 Å². The second-order valence-corrected chi connectivity index (χ2v) is 5.16. The number of benzene rings is 2. The molecule has 0 spiro atoms. The summed E-state index contributed by atoms with van der Waals surface area (Å²) in [6.45, 7) is 0. The van der Waals surface area contributed by atoms with Gasteiger partial charge in [0, 0.05) is 6.42 Å². The van der Waals surface area contributed by atoms with Crippen LogP contribution in [0.25, 0.3) is 10.8 Å². The summed E-state index contributed by atoms with van der Waals surface area (Å²) >= 11 is 5.28. The van der Waals surface area contributed by atoms with Gasteiger partial charge in [0.05, 0.1) is 0 Å². The zero-order valence-corrected chi connectivity index (χ0v) is 11.4. The first kappa shape index (κ1) is 14.0. The van der Waals surface area contributed by atoms with Gasteiger partial charge in [-0.25, -0.2) is 4.39 Å². The van der Waals surface area contributed by atoms with Crippen molar-refractivity contribution in [2.45, 2.75) is 32.1 Å². The maximum absolute atomic E-state index is 13.2. The van der Waals surface area contributed by atoms with Crippen LogP contribution >= 0.6 is 11.6 Å². The van der Waals surface area contributed by atoms with Crippen LogP contribution in [0.3, 0.4) is 0 Å². The van der Waals surface area contributed by atoms with E-state index in [-0.39, 0.29) is 11.1 Å². The van der Waals surface area contributed by atoms with Crippen LogP contribution in [0.5, 0.6) is 0 Å². The van der Waals surface area contributed by atoms with Gasteiger partial charge >= 0.3 is 0 Å². The number of rotatable bonds is 6. The summed E-state index contributed by atoms with van der Waals surface area (Å²) < 4.78 is 13.2. The number of halogens is 2. The number of aryl methyl sites for hydroxylation is 1. The summed E-state index contributed by atoms with van der Waals surface area (Å²) in [5.74, 6) is -0.203. The Morgan fingerprint density at radius 3 is 2.58 bits per heavy atom. The minimum atomic E-state index is -0.263. The van der Waals surface area contributed by atoms with Gasteiger partial charge in [-0.1, -0.05) is 30.7 Å². The fraction of sp³-hybridized carbons (Fsp3) is 0.312. The molecule has 100 valence electrons. The third-order valence-corrected chi connectivity index (χ3v) is 3.39. The number of unbranched alkanes of at least 4 members (excludes halogenated alkanes) is 2. The highest BCUT2D eigenvalue weighted by atomic mass is 35.5. The Kier molecular flexibility index (Phi) is 4.92. The minimum absolute atomic E-state index is 0.203. The molecule has 3 heteroatoms. The molecule has 0 unspecified atom stereocenters. The minimum Gasteiger partial charge on any atom is -0.281 e. The van der Waals surface area contributed by atoms with Crippen molar-refractivity contribution in [3.63, 3.8) is 0 Å². The van der Waals surface area contributed by atoms with Gasteiger partial charge in [-0.2, -0.15) is 0 Å². The summed E-state index contributed by atoms with van der Waals surface area (Å²) in [5.41, 5.74) is 1.20. The van der Waals surface area contributed by atoms with Crippen molar-refractivity contribution >= 4 is 27.6 Å². The van der Waals surface area contributed by atoms with E-state index < -0.39 is 0 Å². The second kappa shape index (κ2) is 6.67. The monoisotopic (exact) mass is 278 g/mol. The Hall–Kier alpha value is -1.41. The van der Waals surface area contributed by atoms with Crippen molar-refractivity contribution in [3.05, 3.63) is 47.8 Å². The van der Waals surface area contributed by atoms with Crippen LogP contribution in [0.1, 0.15) is 31.2 Å². The first-order valence-electron chi connectivity index (χ1n) is 6.52. The van der Waals surface area contributed by atoms with E-state index in [1.54, 1.807) is 12.1 Å². The highest BCUT2D eigenvalue weighted by Crippen LogP contribution is 2.19. The molecule has 0 bridgehead atoms. The Bertz CT molecular complexity index is 580. The number of carbonyl (C=O) groups excluding carboxylic acids is 1. The molecule has 0 aliphatic rings. The fourth-order valence-electron chi connectivity index (χ4n) is 2.19. The number of hydrogen-bond donors (Lipinski definition) is 0. The van der Waals surface area contributed by atoms with E-state index in [1.165, 1.54) is 11.6 Å². The SMILES string of the molecule is O=C(Cl)CCCCCc1ccc2ccc(F)cc2c1. The summed E-state index contributed by atoms with van der Waals surface area (Å²) in [5, 5.41) is 1.73. The normalized spacial score (nSPS) is 10.8. The second-order valence-electron chi connectivity index (χ2n) is 4.74. The van der Waals surface area contributed by atoms with Crippen LogP contribution in [0.15, 0.2) is 36.4 Å². The van der Waals surface area contributed by atoms with Gasteiger partial charge in [-0.15, -0.1) is 0 Å². The predicted molar refractivity (Wildman–Crippen MR) is 76.9 cm³/mol. The average molecular weight is 279 g/mol. The molecular weight excluding hydrogens is 263 g/mol. The highest BCUT2D eigenvalue weighted by molar-refractivity contribution is 6.63. The summed E-state index contributed by atoms with van der Waals surface area (Å²) in [6, 6.07) is 11.0. The van der Waals surface area contributed by atoms with Crippen LogP contribution in [-0.4, -0.2) is 5.24 Å². The molecule has 2 aromatic carbocycles. The number of carbonyl (C=O) groups is 1. The Morgan fingerprint density at radius 1 is 1.00 bits per heavy atom. The first-order valence-corrected chi connectivity index (χ1v) is 6.89. The average Bonchev–Trinajstić information content (AvgIpc) is 2.37. The van der Waals surface area contributed by atoms with Crippen LogP contribution in [0, 0.1) is 5.82 Å². The molecule has 19 heavy (non-hydrogen) atoms. The van der Waals surface area contributed by atoms with Gasteiger partial charge in [-0.05, 0) is 59.3 Å². The molecule has 1 nitrogen and oxygen atoms in total. The zero-order chi connectivity index (χ0) is 13.7. The molecule has 0 N–H and O–H groups in total. The lowest BCUT2D eigenvalue weighted by atomic mass is 10.0. The van der Waals surface area contributed by atoms with E-state index >= 15 is 0 Å². The molecule has 0 saturated heterocycles. The quantitative estimate of drug-likeness (QED) is 0.545. The lowest BCUT2D eigenvalue weighted by Crippen LogP contribution is -1.89. The van der Waals surface area contributed by atoms with Crippen molar-refractivity contribution in [2.75, 3.05) is 0 Å². The van der Waals surface area contributed by atoms with Gasteiger partial charge in [0.2, 0.25) is 5.24 Å². The van der Waals surface area contributed by atoms with Gasteiger partial charge in [-0.3, -0.25) is 4.79 Å². The van der Waals surface area contributed by atoms with Crippen molar-refractivity contribution in [1.82, 2.24) is 0 Å². The third kappa shape index (κ3) is 4.32. The Morgan fingerprint density at radius 2 is 1.79 bits per heavy atom. The zero-order valence-electron chi connectivity index (χ0n) is 10.7. The molecule has 2 rings (SSSR count). The topological polar surface area (TPSA) is 17.1 Å². The van der Waals surface area contributed by atoms with E-state index in [0.717, 1.165) is 36.5 Å².